The van der Waals surface area contributed by atoms with Crippen molar-refractivity contribution in [2.24, 2.45) is 17.4 Å². The number of carbonyl (C=O) groups excluding carboxylic acids is 2. The minimum absolute atomic E-state index is 0.315. The number of hydrogen-bond acceptors (Lipinski definition) is 6. The molecular weight excluding hydrogens is 286 g/mol. The highest BCUT2D eigenvalue weighted by Crippen LogP contribution is 2.29. The van der Waals surface area contributed by atoms with Gasteiger partial charge >= 0.3 is 5.97 Å². The molecule has 22 heavy (non-hydrogen) atoms. The minimum atomic E-state index is -1.21. The molecule has 0 heterocycles. The molecule has 1 aromatic rings. The van der Waals surface area contributed by atoms with Crippen LogP contribution in [0.15, 0.2) is 41.6 Å². The average Bonchev–Trinajstić information content (AvgIpc) is 2.53. The first-order valence-electron chi connectivity index (χ1n) is 6.41. The van der Waals surface area contributed by atoms with E-state index < -0.39 is 35.9 Å². The van der Waals surface area contributed by atoms with Crippen molar-refractivity contribution in [3.8, 4) is 6.07 Å². The van der Waals surface area contributed by atoms with Crippen LogP contribution in [-0.2, 0) is 14.3 Å². The van der Waals surface area contributed by atoms with E-state index in [-0.39, 0.29) is 5.70 Å². The Morgan fingerprint density at radius 2 is 1.91 bits per heavy atom. The molecule has 116 valence electrons. The fourth-order valence-corrected chi connectivity index (χ4v) is 2.16. The molecule has 1 aromatic carbocycles. The smallest absolute Gasteiger partial charge is 0.350 e. The van der Waals surface area contributed by atoms with Crippen molar-refractivity contribution in [1.82, 2.24) is 0 Å². The highest BCUT2D eigenvalue weighted by Gasteiger charge is 2.33. The number of nitriles is 1. The molecule has 2 atom stereocenters. The van der Waals surface area contributed by atoms with Gasteiger partial charge in [-0.2, -0.15) is 5.26 Å². The van der Waals surface area contributed by atoms with Gasteiger partial charge in [0.25, 0.3) is 0 Å². The Bertz CT molecular complexity index is 619. The number of esters is 1. The summed E-state index contributed by atoms with van der Waals surface area (Å²) in [5.41, 5.74) is 11.0. The Morgan fingerprint density at radius 1 is 1.32 bits per heavy atom. The van der Waals surface area contributed by atoms with Crippen LogP contribution in [0, 0.1) is 17.2 Å². The van der Waals surface area contributed by atoms with E-state index in [9.17, 15) is 14.7 Å². The summed E-state index contributed by atoms with van der Waals surface area (Å²) in [6, 6.07) is 10.2. The van der Waals surface area contributed by atoms with Crippen LogP contribution in [0.4, 0.5) is 0 Å². The van der Waals surface area contributed by atoms with Crippen molar-refractivity contribution in [3.63, 3.8) is 0 Å². The SMILES string of the molecule is COC(=O)/C(C#N)=C(\N)C(C(N)=O)C(CO)c1ccccc1. The van der Waals surface area contributed by atoms with Crippen molar-refractivity contribution in [2.75, 3.05) is 13.7 Å². The first-order valence-corrected chi connectivity index (χ1v) is 6.41. The number of carbonyl (C=O) groups is 2. The van der Waals surface area contributed by atoms with Crippen LogP contribution >= 0.6 is 0 Å². The second-order valence-corrected chi connectivity index (χ2v) is 4.51. The van der Waals surface area contributed by atoms with Gasteiger partial charge in [0.05, 0.1) is 19.6 Å². The average molecular weight is 303 g/mol. The van der Waals surface area contributed by atoms with Crippen molar-refractivity contribution < 1.29 is 19.4 Å². The van der Waals surface area contributed by atoms with E-state index in [2.05, 4.69) is 4.74 Å². The number of nitrogens with zero attached hydrogens (tertiary/aromatic N) is 1. The fourth-order valence-electron chi connectivity index (χ4n) is 2.16. The number of aliphatic hydroxyl groups excluding tert-OH is 1. The predicted octanol–water partition coefficient (Wildman–Crippen LogP) is -0.227. The number of primary amides is 1. The number of ether oxygens (including phenoxy) is 1. The zero-order chi connectivity index (χ0) is 16.7. The number of aliphatic hydroxyl groups is 1. The molecule has 0 spiro atoms. The summed E-state index contributed by atoms with van der Waals surface area (Å²) in [6.07, 6.45) is 0. The summed E-state index contributed by atoms with van der Waals surface area (Å²) in [7, 11) is 1.09. The molecule has 5 N–H and O–H groups in total. The molecule has 0 fully saturated rings. The number of hydrogen-bond donors (Lipinski definition) is 3. The van der Waals surface area contributed by atoms with Gasteiger partial charge in [-0.15, -0.1) is 0 Å². The second-order valence-electron chi connectivity index (χ2n) is 4.51. The van der Waals surface area contributed by atoms with Gasteiger partial charge in [-0.25, -0.2) is 4.79 Å². The van der Waals surface area contributed by atoms with Gasteiger partial charge in [-0.1, -0.05) is 30.3 Å². The zero-order valence-corrected chi connectivity index (χ0v) is 12.0. The van der Waals surface area contributed by atoms with Crippen molar-refractivity contribution >= 4 is 11.9 Å². The van der Waals surface area contributed by atoms with E-state index in [0.717, 1.165) is 7.11 Å². The van der Waals surface area contributed by atoms with Crippen LogP contribution in [-0.4, -0.2) is 30.7 Å². The van der Waals surface area contributed by atoms with Crippen molar-refractivity contribution in [3.05, 3.63) is 47.2 Å². The molecule has 0 saturated carbocycles. The van der Waals surface area contributed by atoms with Crippen LogP contribution in [0.25, 0.3) is 0 Å². The van der Waals surface area contributed by atoms with Gasteiger partial charge < -0.3 is 21.3 Å². The molecule has 0 aliphatic rings. The molecule has 2 unspecified atom stereocenters. The van der Waals surface area contributed by atoms with Crippen molar-refractivity contribution in [1.29, 1.82) is 5.26 Å². The van der Waals surface area contributed by atoms with Gasteiger partial charge in [0.15, 0.2) is 5.57 Å². The fraction of sp³-hybridized carbons (Fsp3) is 0.267. The van der Waals surface area contributed by atoms with E-state index in [1.807, 2.05) is 0 Å². The van der Waals surface area contributed by atoms with E-state index >= 15 is 0 Å². The maximum absolute atomic E-state index is 11.8. The maximum atomic E-state index is 11.8. The molecule has 1 amide bonds. The first-order chi connectivity index (χ1) is 10.5. The Balaban J connectivity index is 3.39. The quantitative estimate of drug-likeness (QED) is 0.377. The second kappa shape index (κ2) is 7.81. The highest BCUT2D eigenvalue weighted by molar-refractivity contribution is 5.95. The molecule has 0 aromatic heterocycles. The monoisotopic (exact) mass is 303 g/mol. The number of nitrogens with two attached hydrogens (primary N) is 2. The van der Waals surface area contributed by atoms with Crippen LogP contribution in [0.5, 0.6) is 0 Å². The Kier molecular flexibility index (Phi) is 6.10. The van der Waals surface area contributed by atoms with Crippen LogP contribution in [0.2, 0.25) is 0 Å². The van der Waals surface area contributed by atoms with Gasteiger partial charge in [-0.3, -0.25) is 4.79 Å². The van der Waals surface area contributed by atoms with E-state index in [1.54, 1.807) is 36.4 Å². The van der Waals surface area contributed by atoms with Crippen molar-refractivity contribution in [2.45, 2.75) is 5.92 Å². The van der Waals surface area contributed by atoms with Crippen LogP contribution < -0.4 is 11.5 Å². The molecule has 0 aliphatic heterocycles. The lowest BCUT2D eigenvalue weighted by Crippen LogP contribution is -2.36. The van der Waals surface area contributed by atoms with Crippen LogP contribution in [0.3, 0.4) is 0 Å². The lowest BCUT2D eigenvalue weighted by molar-refractivity contribution is -0.135. The number of rotatable bonds is 6. The van der Waals surface area contributed by atoms with Crippen LogP contribution in [0.1, 0.15) is 11.5 Å². The normalized spacial score (nSPS) is 14.2. The van der Waals surface area contributed by atoms with Gasteiger partial charge in [0.1, 0.15) is 6.07 Å². The summed E-state index contributed by atoms with van der Waals surface area (Å²) in [4.78, 5) is 23.3. The number of amides is 1. The molecule has 1 rings (SSSR count). The minimum Gasteiger partial charge on any atom is -0.465 e. The lowest BCUT2D eigenvalue weighted by atomic mass is 9.82. The summed E-state index contributed by atoms with van der Waals surface area (Å²) in [6.45, 7) is -0.432. The molecule has 0 saturated heterocycles. The number of methoxy groups -OCH3 is 1. The predicted molar refractivity (Wildman–Crippen MR) is 77.8 cm³/mol. The summed E-state index contributed by atoms with van der Waals surface area (Å²) < 4.78 is 4.46. The molecule has 7 nitrogen and oxygen atoms in total. The molecular formula is C15H17N3O4. The Labute approximate surface area is 127 Å². The standard InChI is InChI=1S/C15H17N3O4/c1-22-15(21)10(7-16)13(17)12(14(18)20)11(8-19)9-5-3-2-4-6-9/h2-6,11-12,19H,8,17H2,1H3,(H2,18,20)/b13-10-. The molecule has 7 heteroatoms. The zero-order valence-electron chi connectivity index (χ0n) is 12.0. The molecule has 0 radical (unpaired) electrons. The number of benzene rings is 1. The first kappa shape index (κ1) is 17.2. The Hall–Kier alpha value is -2.85. The summed E-state index contributed by atoms with van der Waals surface area (Å²) >= 11 is 0. The summed E-state index contributed by atoms with van der Waals surface area (Å²) in [5.74, 6) is -3.79. The third kappa shape index (κ3) is 3.62. The highest BCUT2D eigenvalue weighted by atomic mass is 16.5. The summed E-state index contributed by atoms with van der Waals surface area (Å²) in [5, 5.41) is 18.7. The third-order valence-corrected chi connectivity index (χ3v) is 3.26. The van der Waals surface area contributed by atoms with E-state index in [0.29, 0.717) is 5.56 Å². The Morgan fingerprint density at radius 3 is 2.32 bits per heavy atom. The lowest BCUT2D eigenvalue weighted by Gasteiger charge is -2.24. The van der Waals surface area contributed by atoms with E-state index in [1.165, 1.54) is 0 Å². The molecule has 0 aliphatic carbocycles. The maximum Gasteiger partial charge on any atom is 0.350 e. The van der Waals surface area contributed by atoms with E-state index in [4.69, 9.17) is 16.7 Å². The topological polar surface area (TPSA) is 139 Å². The van der Waals surface area contributed by atoms with Gasteiger partial charge in [0.2, 0.25) is 5.91 Å². The van der Waals surface area contributed by atoms with Gasteiger partial charge in [0, 0.05) is 11.6 Å². The third-order valence-electron chi connectivity index (χ3n) is 3.26. The molecule has 0 bridgehead atoms. The van der Waals surface area contributed by atoms with Gasteiger partial charge in [-0.05, 0) is 5.56 Å². The largest absolute Gasteiger partial charge is 0.465 e.